The second-order valence-corrected chi connectivity index (χ2v) is 5.31. The van der Waals surface area contributed by atoms with Gasteiger partial charge in [0.25, 0.3) is 0 Å². The van der Waals surface area contributed by atoms with Crippen LogP contribution in [0.15, 0.2) is 24.3 Å². The molecule has 0 saturated carbocycles. The fourth-order valence-corrected chi connectivity index (χ4v) is 1.55. The molecular formula is C14H18F3NO3. The maximum atomic E-state index is 12.0. The zero-order valence-electron chi connectivity index (χ0n) is 11.8. The maximum Gasteiger partial charge on any atom is 0.573 e. The van der Waals surface area contributed by atoms with Crippen LogP contribution in [0, 0.1) is 5.41 Å². The van der Waals surface area contributed by atoms with Crippen LogP contribution in [-0.4, -0.2) is 24.0 Å². The van der Waals surface area contributed by atoms with E-state index in [4.69, 9.17) is 5.11 Å². The standard InChI is InChI=1S/C14H18F3NO3/c1-13(2,12(19)20)7-8-18-9-10-3-5-11(6-4-10)21-14(15,16)17/h3-6,18H,7-9H2,1-2H3,(H,19,20). The molecule has 0 aliphatic heterocycles. The maximum absolute atomic E-state index is 12.0. The third kappa shape index (κ3) is 6.48. The molecule has 4 nitrogen and oxygen atoms in total. The van der Waals surface area contributed by atoms with Gasteiger partial charge in [-0.05, 0) is 44.5 Å². The monoisotopic (exact) mass is 305 g/mol. The number of halogens is 3. The van der Waals surface area contributed by atoms with Crippen molar-refractivity contribution in [3.8, 4) is 5.75 Å². The highest BCUT2D eigenvalue weighted by Gasteiger charge is 2.31. The van der Waals surface area contributed by atoms with Crippen molar-refractivity contribution in [1.82, 2.24) is 5.32 Å². The minimum Gasteiger partial charge on any atom is -0.481 e. The molecular weight excluding hydrogens is 287 g/mol. The van der Waals surface area contributed by atoms with Crippen molar-refractivity contribution < 1.29 is 27.8 Å². The molecule has 1 aromatic rings. The number of carboxylic acids is 1. The average molecular weight is 305 g/mol. The van der Waals surface area contributed by atoms with E-state index in [2.05, 4.69) is 10.1 Å². The zero-order chi connectivity index (χ0) is 16.1. The summed E-state index contributed by atoms with van der Waals surface area (Å²) in [5, 5.41) is 12.0. The molecule has 0 radical (unpaired) electrons. The number of nitrogens with one attached hydrogen (secondary N) is 1. The number of hydrogen-bond acceptors (Lipinski definition) is 3. The topological polar surface area (TPSA) is 58.6 Å². The van der Waals surface area contributed by atoms with Crippen LogP contribution in [0.2, 0.25) is 0 Å². The molecule has 0 bridgehead atoms. The van der Waals surface area contributed by atoms with Crippen molar-refractivity contribution in [2.75, 3.05) is 6.54 Å². The van der Waals surface area contributed by atoms with E-state index in [9.17, 15) is 18.0 Å². The van der Waals surface area contributed by atoms with Crippen LogP contribution in [0.25, 0.3) is 0 Å². The van der Waals surface area contributed by atoms with Gasteiger partial charge in [-0.2, -0.15) is 0 Å². The summed E-state index contributed by atoms with van der Waals surface area (Å²) in [6.07, 6.45) is -4.24. The fraction of sp³-hybridized carbons (Fsp3) is 0.500. The molecule has 118 valence electrons. The highest BCUT2D eigenvalue weighted by molar-refractivity contribution is 5.73. The summed E-state index contributed by atoms with van der Waals surface area (Å²) < 4.78 is 39.7. The van der Waals surface area contributed by atoms with E-state index in [1.165, 1.54) is 24.3 Å². The summed E-state index contributed by atoms with van der Waals surface area (Å²) >= 11 is 0. The fourth-order valence-electron chi connectivity index (χ4n) is 1.55. The van der Waals surface area contributed by atoms with E-state index >= 15 is 0 Å². The molecule has 0 atom stereocenters. The van der Waals surface area contributed by atoms with Gasteiger partial charge in [0.1, 0.15) is 5.75 Å². The molecule has 0 aliphatic carbocycles. The average Bonchev–Trinajstić information content (AvgIpc) is 2.34. The highest BCUT2D eigenvalue weighted by atomic mass is 19.4. The molecule has 0 fully saturated rings. The van der Waals surface area contributed by atoms with Gasteiger partial charge in [-0.3, -0.25) is 4.79 Å². The van der Waals surface area contributed by atoms with Crippen LogP contribution < -0.4 is 10.1 Å². The first-order valence-corrected chi connectivity index (χ1v) is 6.39. The third-order valence-electron chi connectivity index (χ3n) is 2.99. The summed E-state index contributed by atoms with van der Waals surface area (Å²) in [6.45, 7) is 4.22. The number of carboxylic acid groups (broad SMARTS) is 1. The normalized spacial score (nSPS) is 12.2. The molecule has 1 rings (SSSR count). The second-order valence-electron chi connectivity index (χ2n) is 5.31. The SMILES string of the molecule is CC(C)(CCNCc1ccc(OC(F)(F)F)cc1)C(=O)O. The van der Waals surface area contributed by atoms with E-state index in [0.717, 1.165) is 5.56 Å². The van der Waals surface area contributed by atoms with Crippen molar-refractivity contribution in [2.45, 2.75) is 33.2 Å². The first-order chi connectivity index (χ1) is 9.60. The van der Waals surface area contributed by atoms with Crippen molar-refractivity contribution in [3.63, 3.8) is 0 Å². The highest BCUT2D eigenvalue weighted by Crippen LogP contribution is 2.23. The van der Waals surface area contributed by atoms with Crippen molar-refractivity contribution in [3.05, 3.63) is 29.8 Å². The Hall–Kier alpha value is -1.76. The molecule has 0 aromatic heterocycles. The lowest BCUT2D eigenvalue weighted by Gasteiger charge is -2.19. The smallest absolute Gasteiger partial charge is 0.481 e. The van der Waals surface area contributed by atoms with Crippen molar-refractivity contribution >= 4 is 5.97 Å². The molecule has 0 spiro atoms. The van der Waals surface area contributed by atoms with Gasteiger partial charge in [0.15, 0.2) is 0 Å². The Morgan fingerprint density at radius 2 is 1.81 bits per heavy atom. The largest absolute Gasteiger partial charge is 0.573 e. The Balaban J connectivity index is 2.38. The molecule has 0 unspecified atom stereocenters. The van der Waals surface area contributed by atoms with Gasteiger partial charge in [0.2, 0.25) is 0 Å². The van der Waals surface area contributed by atoms with Crippen molar-refractivity contribution in [2.24, 2.45) is 5.41 Å². The third-order valence-corrected chi connectivity index (χ3v) is 2.99. The Labute approximate surface area is 120 Å². The van der Waals surface area contributed by atoms with Crippen LogP contribution in [0.3, 0.4) is 0 Å². The van der Waals surface area contributed by atoms with Crippen LogP contribution in [-0.2, 0) is 11.3 Å². The van der Waals surface area contributed by atoms with E-state index < -0.39 is 17.7 Å². The molecule has 0 heterocycles. The quantitative estimate of drug-likeness (QED) is 0.760. The van der Waals surface area contributed by atoms with Crippen LogP contribution in [0.5, 0.6) is 5.75 Å². The summed E-state index contributed by atoms with van der Waals surface area (Å²) in [5.74, 6) is -1.13. The molecule has 21 heavy (non-hydrogen) atoms. The van der Waals surface area contributed by atoms with Crippen LogP contribution >= 0.6 is 0 Å². The molecule has 0 amide bonds. The number of carbonyl (C=O) groups is 1. The lowest BCUT2D eigenvalue weighted by Crippen LogP contribution is -2.28. The van der Waals surface area contributed by atoms with Gasteiger partial charge in [-0.25, -0.2) is 0 Å². The minimum atomic E-state index is -4.69. The van der Waals surface area contributed by atoms with Gasteiger partial charge >= 0.3 is 12.3 Å². The summed E-state index contributed by atoms with van der Waals surface area (Å²) in [6, 6.07) is 5.53. The van der Waals surface area contributed by atoms with E-state index in [1.54, 1.807) is 13.8 Å². The number of rotatable bonds is 7. The Morgan fingerprint density at radius 1 is 1.24 bits per heavy atom. The van der Waals surface area contributed by atoms with Crippen LogP contribution in [0.1, 0.15) is 25.8 Å². The lowest BCUT2D eigenvalue weighted by atomic mass is 9.90. The van der Waals surface area contributed by atoms with Crippen molar-refractivity contribution in [1.29, 1.82) is 0 Å². The second kappa shape index (κ2) is 6.80. The summed E-state index contributed by atoms with van der Waals surface area (Å²) in [4.78, 5) is 10.9. The number of benzene rings is 1. The predicted molar refractivity (Wildman–Crippen MR) is 70.9 cm³/mol. The first kappa shape index (κ1) is 17.3. The number of aliphatic carboxylic acids is 1. The van der Waals surface area contributed by atoms with Gasteiger partial charge in [0.05, 0.1) is 5.41 Å². The summed E-state index contributed by atoms with van der Waals surface area (Å²) in [7, 11) is 0. The Kier molecular flexibility index (Phi) is 5.60. The predicted octanol–water partition coefficient (Wildman–Crippen LogP) is 3.18. The summed E-state index contributed by atoms with van der Waals surface area (Å²) in [5.41, 5.74) is -0.0186. The Bertz CT molecular complexity index is 469. The van der Waals surface area contributed by atoms with E-state index in [-0.39, 0.29) is 5.75 Å². The van der Waals surface area contributed by atoms with Gasteiger partial charge < -0.3 is 15.2 Å². The molecule has 1 aromatic carbocycles. The number of hydrogen-bond donors (Lipinski definition) is 2. The van der Waals surface area contributed by atoms with E-state index in [1.807, 2.05) is 0 Å². The first-order valence-electron chi connectivity index (χ1n) is 6.39. The molecule has 7 heteroatoms. The lowest BCUT2D eigenvalue weighted by molar-refractivity contribution is -0.274. The molecule has 0 aliphatic rings. The van der Waals surface area contributed by atoms with Gasteiger partial charge in [-0.1, -0.05) is 12.1 Å². The van der Waals surface area contributed by atoms with Crippen LogP contribution in [0.4, 0.5) is 13.2 Å². The minimum absolute atomic E-state index is 0.265. The molecule has 2 N–H and O–H groups in total. The van der Waals surface area contributed by atoms with Gasteiger partial charge in [0, 0.05) is 6.54 Å². The Morgan fingerprint density at radius 3 is 2.29 bits per heavy atom. The van der Waals surface area contributed by atoms with E-state index in [0.29, 0.717) is 19.5 Å². The van der Waals surface area contributed by atoms with Gasteiger partial charge in [-0.15, -0.1) is 13.2 Å². The number of alkyl halides is 3. The zero-order valence-corrected chi connectivity index (χ0v) is 11.8. The number of ether oxygens (including phenoxy) is 1. The molecule has 0 saturated heterocycles.